The molecule has 1 atom stereocenters. The number of aryl methyl sites for hydroxylation is 3. The number of rotatable bonds is 2. The smallest absolute Gasteiger partial charge is 0.0922 e. The molecule has 1 unspecified atom stereocenters. The summed E-state index contributed by atoms with van der Waals surface area (Å²) in [5.41, 5.74) is 4.29. The number of nitrogens with zero attached hydrogens (tertiary/aromatic N) is 1. The van der Waals surface area contributed by atoms with Crippen LogP contribution in [0.1, 0.15) is 34.8 Å². The topological polar surface area (TPSA) is 44.0 Å². The Labute approximate surface area is 84.8 Å². The van der Waals surface area contributed by atoms with Crippen molar-refractivity contribution in [2.24, 2.45) is 0 Å². The highest BCUT2D eigenvalue weighted by Crippen LogP contribution is 2.23. The third-order valence-electron chi connectivity index (χ3n) is 2.53. The summed E-state index contributed by atoms with van der Waals surface area (Å²) in [6.45, 7) is 6.02. The minimum Gasteiger partial charge on any atom is -0.387 e. The van der Waals surface area contributed by atoms with E-state index in [1.54, 1.807) is 0 Å². The summed E-state index contributed by atoms with van der Waals surface area (Å²) in [7, 11) is 0. The molecule has 74 valence electrons. The molecule has 1 N–H and O–H groups in total. The summed E-state index contributed by atoms with van der Waals surface area (Å²) in [4.78, 5) is 0. The molecule has 2 heteroatoms. The van der Waals surface area contributed by atoms with Gasteiger partial charge in [0.15, 0.2) is 0 Å². The van der Waals surface area contributed by atoms with Crippen LogP contribution in [0, 0.1) is 32.1 Å². The zero-order chi connectivity index (χ0) is 10.7. The van der Waals surface area contributed by atoms with E-state index in [4.69, 9.17) is 5.26 Å². The molecule has 0 amide bonds. The van der Waals surface area contributed by atoms with E-state index in [1.165, 1.54) is 5.56 Å². The van der Waals surface area contributed by atoms with Crippen molar-refractivity contribution in [1.82, 2.24) is 0 Å². The summed E-state index contributed by atoms with van der Waals surface area (Å²) < 4.78 is 0. The van der Waals surface area contributed by atoms with E-state index in [0.29, 0.717) is 0 Å². The lowest BCUT2D eigenvalue weighted by Crippen LogP contribution is -2.00. The average Bonchev–Trinajstić information content (AvgIpc) is 2.11. The number of benzene rings is 1. The zero-order valence-corrected chi connectivity index (χ0v) is 8.83. The quantitative estimate of drug-likeness (QED) is 0.777. The zero-order valence-electron chi connectivity index (χ0n) is 8.83. The van der Waals surface area contributed by atoms with Gasteiger partial charge in [0.2, 0.25) is 0 Å². The standard InChI is InChI=1S/C12H15NO/c1-8-6-10(3)11(7-9(8)2)12(14)4-5-13/h6-7,12,14H,4H2,1-3H3. The lowest BCUT2D eigenvalue weighted by Gasteiger charge is -2.13. The maximum absolute atomic E-state index is 9.69. The number of hydrogen-bond acceptors (Lipinski definition) is 2. The number of nitriles is 1. The molecule has 0 aliphatic heterocycles. The minimum absolute atomic E-state index is 0.156. The molecular weight excluding hydrogens is 174 g/mol. The third-order valence-corrected chi connectivity index (χ3v) is 2.53. The van der Waals surface area contributed by atoms with Gasteiger partial charge in [0.25, 0.3) is 0 Å². The molecule has 0 heterocycles. The van der Waals surface area contributed by atoms with E-state index < -0.39 is 6.10 Å². The predicted octanol–water partition coefficient (Wildman–Crippen LogP) is 2.56. The second-order valence-corrected chi connectivity index (χ2v) is 3.67. The predicted molar refractivity (Wildman–Crippen MR) is 55.8 cm³/mol. The highest BCUT2D eigenvalue weighted by Gasteiger charge is 2.10. The molecule has 0 fully saturated rings. The lowest BCUT2D eigenvalue weighted by molar-refractivity contribution is 0.182. The molecule has 0 aliphatic rings. The van der Waals surface area contributed by atoms with Crippen LogP contribution in [0.4, 0.5) is 0 Å². The fourth-order valence-electron chi connectivity index (χ4n) is 1.54. The van der Waals surface area contributed by atoms with Gasteiger partial charge in [-0.25, -0.2) is 0 Å². The maximum atomic E-state index is 9.69. The van der Waals surface area contributed by atoms with Crippen LogP contribution >= 0.6 is 0 Å². The first-order valence-electron chi connectivity index (χ1n) is 4.69. The van der Waals surface area contributed by atoms with Crippen LogP contribution < -0.4 is 0 Å². The van der Waals surface area contributed by atoms with Crippen molar-refractivity contribution in [3.8, 4) is 6.07 Å². The fourth-order valence-corrected chi connectivity index (χ4v) is 1.54. The Bertz CT molecular complexity index is 377. The average molecular weight is 189 g/mol. The van der Waals surface area contributed by atoms with Crippen LogP contribution in [0.2, 0.25) is 0 Å². The fraction of sp³-hybridized carbons (Fsp3) is 0.417. The Kier molecular flexibility index (Phi) is 3.27. The molecule has 0 radical (unpaired) electrons. The van der Waals surface area contributed by atoms with E-state index in [1.807, 2.05) is 39.0 Å². The highest BCUT2D eigenvalue weighted by molar-refractivity contribution is 5.37. The molecule has 14 heavy (non-hydrogen) atoms. The van der Waals surface area contributed by atoms with Gasteiger partial charge >= 0.3 is 0 Å². The molecule has 0 aromatic heterocycles. The summed E-state index contributed by atoms with van der Waals surface area (Å²) in [5, 5.41) is 18.2. The SMILES string of the molecule is Cc1cc(C)c(C(O)CC#N)cc1C. The lowest BCUT2D eigenvalue weighted by atomic mass is 9.96. The summed E-state index contributed by atoms with van der Waals surface area (Å²) >= 11 is 0. The van der Waals surface area contributed by atoms with Crippen molar-refractivity contribution in [2.45, 2.75) is 33.3 Å². The van der Waals surface area contributed by atoms with Crippen LogP contribution in [-0.4, -0.2) is 5.11 Å². The van der Waals surface area contributed by atoms with Crippen molar-refractivity contribution in [1.29, 1.82) is 5.26 Å². The number of aliphatic hydroxyl groups is 1. The largest absolute Gasteiger partial charge is 0.387 e. The van der Waals surface area contributed by atoms with Gasteiger partial charge in [0, 0.05) is 0 Å². The summed E-state index contributed by atoms with van der Waals surface area (Å²) in [5.74, 6) is 0. The molecular formula is C12H15NO. The van der Waals surface area contributed by atoms with Gasteiger partial charge in [0.1, 0.15) is 0 Å². The first kappa shape index (κ1) is 10.7. The van der Waals surface area contributed by atoms with Crippen molar-refractivity contribution in [3.63, 3.8) is 0 Å². The van der Waals surface area contributed by atoms with Crippen LogP contribution in [0.25, 0.3) is 0 Å². The van der Waals surface area contributed by atoms with E-state index in [0.717, 1.165) is 16.7 Å². The molecule has 0 aliphatic carbocycles. The van der Waals surface area contributed by atoms with Crippen LogP contribution in [-0.2, 0) is 0 Å². The van der Waals surface area contributed by atoms with Crippen LogP contribution in [0.15, 0.2) is 12.1 Å². The van der Waals surface area contributed by atoms with Gasteiger partial charge in [-0.2, -0.15) is 5.26 Å². The Morgan fingerprint density at radius 2 is 1.79 bits per heavy atom. The van der Waals surface area contributed by atoms with Gasteiger partial charge < -0.3 is 5.11 Å². The monoisotopic (exact) mass is 189 g/mol. The van der Waals surface area contributed by atoms with Crippen LogP contribution in [0.5, 0.6) is 0 Å². The molecule has 1 aromatic rings. The Balaban J connectivity index is 3.10. The molecule has 1 aromatic carbocycles. The molecule has 0 bridgehead atoms. The van der Waals surface area contributed by atoms with Gasteiger partial charge in [0.05, 0.1) is 18.6 Å². The number of aliphatic hydroxyl groups excluding tert-OH is 1. The van der Waals surface area contributed by atoms with Crippen molar-refractivity contribution in [3.05, 3.63) is 34.4 Å². The van der Waals surface area contributed by atoms with E-state index >= 15 is 0 Å². The van der Waals surface area contributed by atoms with E-state index in [2.05, 4.69) is 0 Å². The first-order valence-corrected chi connectivity index (χ1v) is 4.69. The summed E-state index contributed by atoms with van der Waals surface area (Å²) in [6, 6.07) is 5.99. The van der Waals surface area contributed by atoms with Gasteiger partial charge in [-0.1, -0.05) is 12.1 Å². The number of hydrogen-bond donors (Lipinski definition) is 1. The maximum Gasteiger partial charge on any atom is 0.0922 e. The Morgan fingerprint density at radius 3 is 2.36 bits per heavy atom. The van der Waals surface area contributed by atoms with Crippen molar-refractivity contribution >= 4 is 0 Å². The third kappa shape index (κ3) is 2.12. The van der Waals surface area contributed by atoms with E-state index in [-0.39, 0.29) is 6.42 Å². The molecule has 1 rings (SSSR count). The molecule has 0 saturated carbocycles. The Hall–Kier alpha value is -1.33. The van der Waals surface area contributed by atoms with Crippen molar-refractivity contribution < 1.29 is 5.11 Å². The van der Waals surface area contributed by atoms with Gasteiger partial charge in [-0.05, 0) is 43.0 Å². The molecule has 0 spiro atoms. The van der Waals surface area contributed by atoms with Crippen LogP contribution in [0.3, 0.4) is 0 Å². The first-order chi connectivity index (χ1) is 6.56. The van der Waals surface area contributed by atoms with Gasteiger partial charge in [-0.3, -0.25) is 0 Å². The minimum atomic E-state index is -0.653. The van der Waals surface area contributed by atoms with Gasteiger partial charge in [-0.15, -0.1) is 0 Å². The van der Waals surface area contributed by atoms with E-state index in [9.17, 15) is 5.11 Å². The highest BCUT2D eigenvalue weighted by atomic mass is 16.3. The summed E-state index contributed by atoms with van der Waals surface area (Å²) in [6.07, 6.45) is -0.497. The molecule has 2 nitrogen and oxygen atoms in total. The molecule has 0 saturated heterocycles. The second-order valence-electron chi connectivity index (χ2n) is 3.67. The van der Waals surface area contributed by atoms with Crippen molar-refractivity contribution in [2.75, 3.05) is 0 Å². The Morgan fingerprint density at radius 1 is 1.21 bits per heavy atom. The normalized spacial score (nSPS) is 12.2. The second kappa shape index (κ2) is 4.26.